The molecule has 0 amide bonds. The molecular weight excluding hydrogens is 104 g/mol. The second kappa shape index (κ2) is 3.83. The van der Waals surface area contributed by atoms with Crippen molar-refractivity contribution >= 4 is 0 Å². The van der Waals surface area contributed by atoms with Crippen LogP contribution < -0.4 is 10.6 Å². The van der Waals surface area contributed by atoms with Gasteiger partial charge in [0.1, 0.15) is 0 Å². The van der Waals surface area contributed by atoms with Crippen molar-refractivity contribution in [3.05, 3.63) is 0 Å². The van der Waals surface area contributed by atoms with Crippen LogP contribution >= 0.6 is 0 Å². The van der Waals surface area contributed by atoms with E-state index in [4.69, 9.17) is 4.74 Å². The van der Waals surface area contributed by atoms with Gasteiger partial charge >= 0.3 is 0 Å². The molecule has 0 bridgehead atoms. The topological polar surface area (TPSA) is 33.3 Å². The molecule has 0 aliphatic carbocycles. The lowest BCUT2D eigenvalue weighted by atomic mass is 10.5. The third-order valence-electron chi connectivity index (χ3n) is 1.11. The number of rotatable bonds is 0. The van der Waals surface area contributed by atoms with E-state index >= 15 is 0 Å². The molecule has 0 spiro atoms. The maximum absolute atomic E-state index is 5.10. The molecule has 1 heterocycles. The molecule has 0 aromatic heterocycles. The summed E-state index contributed by atoms with van der Waals surface area (Å²) in [6, 6.07) is 0. The summed E-state index contributed by atoms with van der Waals surface area (Å²) in [7, 11) is 0. The second-order valence-corrected chi connectivity index (χ2v) is 1.80. The minimum atomic E-state index is 0.710. The summed E-state index contributed by atoms with van der Waals surface area (Å²) in [5.41, 5.74) is 0. The zero-order valence-electron chi connectivity index (χ0n) is 4.94. The molecule has 1 aliphatic rings. The Morgan fingerprint density at radius 2 is 1.88 bits per heavy atom. The van der Waals surface area contributed by atoms with E-state index < -0.39 is 0 Å². The van der Waals surface area contributed by atoms with Crippen LogP contribution in [0, 0.1) is 0 Å². The summed E-state index contributed by atoms with van der Waals surface area (Å²) < 4.78 is 5.10. The van der Waals surface area contributed by atoms with E-state index in [1.54, 1.807) is 0 Å². The molecule has 1 fully saturated rings. The van der Waals surface area contributed by atoms with Crippen molar-refractivity contribution < 1.29 is 4.74 Å². The van der Waals surface area contributed by atoms with Gasteiger partial charge in [0, 0.05) is 19.6 Å². The van der Waals surface area contributed by atoms with Crippen molar-refractivity contribution in [2.24, 2.45) is 0 Å². The average Bonchev–Trinajstić information content (AvgIpc) is 1.62. The molecule has 3 heteroatoms. The zero-order chi connectivity index (χ0) is 5.66. The Bertz CT molecular complexity index is 34.4. The van der Waals surface area contributed by atoms with E-state index in [0.29, 0.717) is 6.73 Å². The first-order valence-electron chi connectivity index (χ1n) is 2.99. The van der Waals surface area contributed by atoms with Crippen LogP contribution in [0.3, 0.4) is 0 Å². The highest BCUT2D eigenvalue weighted by Crippen LogP contribution is 1.72. The molecule has 8 heavy (non-hydrogen) atoms. The smallest absolute Gasteiger partial charge is 0.0966 e. The highest BCUT2D eigenvalue weighted by Gasteiger charge is 1.92. The van der Waals surface area contributed by atoms with Gasteiger partial charge in [0.15, 0.2) is 0 Å². The van der Waals surface area contributed by atoms with E-state index in [9.17, 15) is 0 Å². The van der Waals surface area contributed by atoms with Crippen LogP contribution in [0.2, 0.25) is 0 Å². The van der Waals surface area contributed by atoms with Gasteiger partial charge in [-0.25, -0.2) is 0 Å². The van der Waals surface area contributed by atoms with Gasteiger partial charge < -0.3 is 10.1 Å². The van der Waals surface area contributed by atoms with Crippen molar-refractivity contribution in [3.8, 4) is 0 Å². The summed E-state index contributed by atoms with van der Waals surface area (Å²) in [6.45, 7) is 4.60. The quantitative estimate of drug-likeness (QED) is 0.432. The van der Waals surface area contributed by atoms with Crippen molar-refractivity contribution in [3.63, 3.8) is 0 Å². The molecule has 1 aliphatic heterocycles. The molecule has 0 unspecified atom stereocenters. The molecule has 0 aromatic rings. The van der Waals surface area contributed by atoms with Crippen LogP contribution in [0.4, 0.5) is 0 Å². The maximum atomic E-state index is 5.10. The van der Waals surface area contributed by atoms with E-state index in [2.05, 4.69) is 10.6 Å². The van der Waals surface area contributed by atoms with Crippen LogP contribution in [0.5, 0.6) is 0 Å². The molecule has 1 saturated heterocycles. The predicted octanol–water partition coefficient (Wildman–Crippen LogP) is -0.847. The Morgan fingerprint density at radius 1 is 1.00 bits per heavy atom. The van der Waals surface area contributed by atoms with Crippen molar-refractivity contribution in [2.75, 3.05) is 33.0 Å². The first-order valence-corrected chi connectivity index (χ1v) is 2.99. The fourth-order valence-electron chi connectivity index (χ4n) is 0.663. The first-order chi connectivity index (χ1) is 4.00. The highest BCUT2D eigenvalue weighted by molar-refractivity contribution is 4.51. The van der Waals surface area contributed by atoms with Gasteiger partial charge in [-0.15, -0.1) is 0 Å². The first kappa shape index (κ1) is 6.01. The van der Waals surface area contributed by atoms with Gasteiger partial charge in [0.05, 0.1) is 13.3 Å². The fraction of sp³-hybridized carbons (Fsp3) is 1.00. The van der Waals surface area contributed by atoms with Crippen LogP contribution in [0.25, 0.3) is 0 Å². The Labute approximate surface area is 49.4 Å². The summed E-state index contributed by atoms with van der Waals surface area (Å²) in [6.07, 6.45) is 0. The van der Waals surface area contributed by atoms with Gasteiger partial charge in [-0.2, -0.15) is 0 Å². The average molecular weight is 116 g/mol. The summed E-state index contributed by atoms with van der Waals surface area (Å²) >= 11 is 0. The van der Waals surface area contributed by atoms with Gasteiger partial charge in [-0.3, -0.25) is 5.32 Å². The monoisotopic (exact) mass is 116 g/mol. The normalized spacial score (nSPS) is 24.0. The fourth-order valence-corrected chi connectivity index (χ4v) is 0.663. The van der Waals surface area contributed by atoms with Crippen molar-refractivity contribution in [1.29, 1.82) is 0 Å². The Balaban J connectivity index is 2.00. The largest absolute Gasteiger partial charge is 0.365 e. The third-order valence-corrected chi connectivity index (χ3v) is 1.11. The number of hydrogen-bond acceptors (Lipinski definition) is 3. The van der Waals surface area contributed by atoms with Gasteiger partial charge in [-0.1, -0.05) is 0 Å². The number of nitrogens with one attached hydrogen (secondary N) is 2. The summed E-state index contributed by atoms with van der Waals surface area (Å²) in [5, 5.41) is 6.30. The molecule has 1 rings (SSSR count). The highest BCUT2D eigenvalue weighted by atomic mass is 16.5. The molecule has 0 aromatic carbocycles. The van der Waals surface area contributed by atoms with Crippen molar-refractivity contribution in [2.45, 2.75) is 0 Å². The minimum Gasteiger partial charge on any atom is -0.365 e. The van der Waals surface area contributed by atoms with E-state index in [1.165, 1.54) is 0 Å². The molecule has 0 saturated carbocycles. The van der Waals surface area contributed by atoms with E-state index in [0.717, 1.165) is 26.2 Å². The summed E-state index contributed by atoms with van der Waals surface area (Å²) in [4.78, 5) is 0. The Hall–Kier alpha value is -0.120. The lowest BCUT2D eigenvalue weighted by molar-refractivity contribution is 0.110. The van der Waals surface area contributed by atoms with Crippen molar-refractivity contribution in [1.82, 2.24) is 10.6 Å². The SMILES string of the molecule is C1CNCOCCN1. The van der Waals surface area contributed by atoms with E-state index in [-0.39, 0.29) is 0 Å². The van der Waals surface area contributed by atoms with E-state index in [1.807, 2.05) is 0 Å². The molecule has 3 nitrogen and oxygen atoms in total. The maximum Gasteiger partial charge on any atom is 0.0966 e. The molecular formula is C5H12N2O. The second-order valence-electron chi connectivity index (χ2n) is 1.80. The lowest BCUT2D eigenvalue weighted by Crippen LogP contribution is -2.34. The van der Waals surface area contributed by atoms with Crippen LogP contribution in [-0.4, -0.2) is 33.0 Å². The molecule has 0 radical (unpaired) electrons. The predicted molar refractivity (Wildman–Crippen MR) is 31.7 cm³/mol. The minimum absolute atomic E-state index is 0.710. The van der Waals surface area contributed by atoms with Crippen LogP contribution in [0.15, 0.2) is 0 Å². The van der Waals surface area contributed by atoms with Crippen LogP contribution in [0.1, 0.15) is 0 Å². The van der Waals surface area contributed by atoms with Gasteiger partial charge in [-0.05, 0) is 0 Å². The molecule has 0 atom stereocenters. The molecule has 2 N–H and O–H groups in total. The van der Waals surface area contributed by atoms with Gasteiger partial charge in [0.2, 0.25) is 0 Å². The lowest BCUT2D eigenvalue weighted by Gasteiger charge is -2.11. The van der Waals surface area contributed by atoms with Crippen LogP contribution in [-0.2, 0) is 4.74 Å². The van der Waals surface area contributed by atoms with Gasteiger partial charge in [0.25, 0.3) is 0 Å². The number of hydrogen-bond donors (Lipinski definition) is 2. The number of ether oxygens (including phenoxy) is 1. The Kier molecular flexibility index (Phi) is 2.88. The summed E-state index contributed by atoms with van der Waals surface area (Å²) in [5.74, 6) is 0. The third kappa shape index (κ3) is 2.26. The Morgan fingerprint density at radius 3 is 2.88 bits per heavy atom. The standard InChI is InChI=1S/C5H12N2O/c1-2-7-5-8-4-3-6-1/h6-7H,1-5H2. The zero-order valence-corrected chi connectivity index (χ0v) is 4.94. The molecule has 48 valence electrons.